The molecule has 1 saturated heterocycles. The van der Waals surface area contributed by atoms with Gasteiger partial charge in [0.25, 0.3) is 0 Å². The molecule has 8 heteroatoms. The SMILES string of the molecule is CC1CN(C(N)=NCCS(=O)(=O)Cc2ccccc2)CCO1.I. The molecule has 130 valence electrons. The number of hydrogen-bond acceptors (Lipinski definition) is 4. The van der Waals surface area contributed by atoms with Crippen molar-refractivity contribution in [3.05, 3.63) is 35.9 Å². The smallest absolute Gasteiger partial charge is 0.191 e. The van der Waals surface area contributed by atoms with Crippen molar-refractivity contribution in [2.75, 3.05) is 32.0 Å². The van der Waals surface area contributed by atoms with Crippen LogP contribution in [-0.4, -0.2) is 57.4 Å². The molecule has 0 amide bonds. The van der Waals surface area contributed by atoms with Crippen molar-refractivity contribution in [1.82, 2.24) is 4.90 Å². The molecule has 0 saturated carbocycles. The minimum absolute atomic E-state index is 0. The van der Waals surface area contributed by atoms with Gasteiger partial charge in [-0.1, -0.05) is 30.3 Å². The van der Waals surface area contributed by atoms with Gasteiger partial charge in [0.15, 0.2) is 15.8 Å². The number of nitrogens with zero attached hydrogens (tertiary/aromatic N) is 2. The second-order valence-corrected chi connectivity index (χ2v) is 7.63. The van der Waals surface area contributed by atoms with Crippen LogP contribution in [0.15, 0.2) is 35.3 Å². The Morgan fingerprint density at radius 3 is 2.74 bits per heavy atom. The van der Waals surface area contributed by atoms with Crippen LogP contribution in [0, 0.1) is 0 Å². The molecule has 23 heavy (non-hydrogen) atoms. The molecule has 0 aromatic heterocycles. The molecule has 1 fully saturated rings. The molecule has 6 nitrogen and oxygen atoms in total. The summed E-state index contributed by atoms with van der Waals surface area (Å²) in [6, 6.07) is 9.15. The summed E-state index contributed by atoms with van der Waals surface area (Å²) < 4.78 is 29.6. The molecule has 1 aliphatic heterocycles. The third kappa shape index (κ3) is 7.05. The van der Waals surface area contributed by atoms with Crippen LogP contribution in [0.1, 0.15) is 12.5 Å². The zero-order valence-corrected chi connectivity index (χ0v) is 16.4. The highest BCUT2D eigenvalue weighted by molar-refractivity contribution is 14.0. The van der Waals surface area contributed by atoms with E-state index in [9.17, 15) is 8.42 Å². The van der Waals surface area contributed by atoms with Gasteiger partial charge in [-0.15, -0.1) is 24.0 Å². The molecule has 0 radical (unpaired) electrons. The van der Waals surface area contributed by atoms with Crippen LogP contribution in [0.4, 0.5) is 0 Å². The Hall–Kier alpha value is -0.870. The van der Waals surface area contributed by atoms with Crippen LogP contribution in [0.25, 0.3) is 0 Å². The van der Waals surface area contributed by atoms with Crippen LogP contribution in [-0.2, 0) is 20.3 Å². The van der Waals surface area contributed by atoms with Crippen LogP contribution < -0.4 is 5.73 Å². The molecule has 1 heterocycles. The first kappa shape index (κ1) is 20.2. The van der Waals surface area contributed by atoms with E-state index in [0.717, 1.165) is 5.56 Å². The molecular formula is C15H24IN3O3S. The quantitative estimate of drug-likeness (QED) is 0.412. The van der Waals surface area contributed by atoms with Crippen molar-refractivity contribution in [3.8, 4) is 0 Å². The lowest BCUT2D eigenvalue weighted by molar-refractivity contribution is 0.00531. The predicted molar refractivity (Wildman–Crippen MR) is 103 cm³/mol. The third-order valence-electron chi connectivity index (χ3n) is 3.47. The number of nitrogens with two attached hydrogens (primary N) is 1. The zero-order chi connectivity index (χ0) is 16.0. The first-order chi connectivity index (χ1) is 10.5. The third-order valence-corrected chi connectivity index (χ3v) is 5.05. The van der Waals surface area contributed by atoms with Gasteiger partial charge in [0, 0.05) is 13.1 Å². The van der Waals surface area contributed by atoms with Gasteiger partial charge in [-0.25, -0.2) is 8.42 Å². The van der Waals surface area contributed by atoms with Gasteiger partial charge in [0.05, 0.1) is 30.8 Å². The minimum Gasteiger partial charge on any atom is -0.375 e. The molecule has 2 rings (SSSR count). The number of halogens is 1. The topological polar surface area (TPSA) is 85.0 Å². The standard InChI is InChI=1S/C15H23N3O3S.HI/c1-13-11-18(8-9-21-13)15(16)17-7-10-22(19,20)12-14-5-3-2-4-6-14;/h2-6,13H,7-12H2,1H3,(H2,16,17);1H. The molecule has 1 aliphatic rings. The van der Waals surface area contributed by atoms with Gasteiger partial charge < -0.3 is 15.4 Å². The molecule has 2 N–H and O–H groups in total. The Bertz CT molecular complexity index is 608. The molecule has 1 atom stereocenters. The largest absolute Gasteiger partial charge is 0.375 e. The Kier molecular flexibility index (Phi) is 8.27. The van der Waals surface area contributed by atoms with Gasteiger partial charge in [0.2, 0.25) is 0 Å². The van der Waals surface area contributed by atoms with Gasteiger partial charge in [-0.2, -0.15) is 0 Å². The maximum atomic E-state index is 12.1. The normalized spacial score (nSPS) is 19.3. The van der Waals surface area contributed by atoms with Gasteiger partial charge in [0.1, 0.15) is 0 Å². The fraction of sp³-hybridized carbons (Fsp3) is 0.533. The van der Waals surface area contributed by atoms with Gasteiger partial charge >= 0.3 is 0 Å². The summed E-state index contributed by atoms with van der Waals surface area (Å²) in [6.45, 7) is 4.16. The van der Waals surface area contributed by atoms with Crippen LogP contribution in [0.2, 0.25) is 0 Å². The number of guanidine groups is 1. The molecule has 0 spiro atoms. The molecule has 0 aliphatic carbocycles. The number of sulfone groups is 1. The summed E-state index contributed by atoms with van der Waals surface area (Å²) in [5.41, 5.74) is 6.71. The van der Waals surface area contributed by atoms with Crippen molar-refractivity contribution in [2.24, 2.45) is 10.7 Å². The van der Waals surface area contributed by atoms with E-state index >= 15 is 0 Å². The lowest BCUT2D eigenvalue weighted by atomic mass is 10.2. The van der Waals surface area contributed by atoms with E-state index in [2.05, 4.69) is 4.99 Å². The van der Waals surface area contributed by atoms with Crippen molar-refractivity contribution in [3.63, 3.8) is 0 Å². The van der Waals surface area contributed by atoms with E-state index in [0.29, 0.717) is 25.7 Å². The second kappa shape index (κ2) is 9.43. The number of hydrogen-bond donors (Lipinski definition) is 1. The Balaban J connectivity index is 0.00000264. The van der Waals surface area contributed by atoms with E-state index in [1.165, 1.54) is 0 Å². The van der Waals surface area contributed by atoms with Crippen molar-refractivity contribution in [2.45, 2.75) is 18.8 Å². The first-order valence-electron chi connectivity index (χ1n) is 7.37. The zero-order valence-electron chi connectivity index (χ0n) is 13.2. The molecule has 0 bridgehead atoms. The Labute approximate surface area is 155 Å². The fourth-order valence-corrected chi connectivity index (χ4v) is 3.54. The number of rotatable bonds is 5. The highest BCUT2D eigenvalue weighted by Crippen LogP contribution is 2.07. The van der Waals surface area contributed by atoms with E-state index in [-0.39, 0.29) is 48.1 Å². The summed E-state index contributed by atoms with van der Waals surface area (Å²) in [6.07, 6.45) is 0.115. The predicted octanol–water partition coefficient (Wildman–Crippen LogP) is 1.25. The lowest BCUT2D eigenvalue weighted by Gasteiger charge is -2.31. The summed E-state index contributed by atoms with van der Waals surface area (Å²) in [4.78, 5) is 6.12. The lowest BCUT2D eigenvalue weighted by Crippen LogP contribution is -2.48. The Morgan fingerprint density at radius 1 is 1.39 bits per heavy atom. The van der Waals surface area contributed by atoms with E-state index in [4.69, 9.17) is 10.5 Å². The molecule has 1 aromatic rings. The van der Waals surface area contributed by atoms with Gasteiger partial charge in [-0.3, -0.25) is 4.99 Å². The Morgan fingerprint density at radius 2 is 2.09 bits per heavy atom. The molecule has 1 unspecified atom stereocenters. The van der Waals surface area contributed by atoms with E-state index in [1.807, 2.05) is 42.2 Å². The summed E-state index contributed by atoms with van der Waals surface area (Å²) >= 11 is 0. The number of aliphatic imine (C=N–C) groups is 1. The number of morpholine rings is 1. The average Bonchev–Trinajstić information content (AvgIpc) is 2.47. The summed E-state index contributed by atoms with van der Waals surface area (Å²) in [5.74, 6) is 0.436. The highest BCUT2D eigenvalue weighted by Gasteiger charge is 2.18. The number of ether oxygens (including phenoxy) is 1. The van der Waals surface area contributed by atoms with E-state index in [1.54, 1.807) is 0 Å². The number of benzene rings is 1. The first-order valence-corrected chi connectivity index (χ1v) is 9.19. The van der Waals surface area contributed by atoms with Crippen LogP contribution >= 0.6 is 24.0 Å². The van der Waals surface area contributed by atoms with Crippen molar-refractivity contribution >= 4 is 39.8 Å². The maximum absolute atomic E-state index is 12.1. The van der Waals surface area contributed by atoms with Crippen LogP contribution in [0.3, 0.4) is 0 Å². The van der Waals surface area contributed by atoms with Crippen molar-refractivity contribution in [1.29, 1.82) is 0 Å². The minimum atomic E-state index is -3.18. The summed E-state index contributed by atoms with van der Waals surface area (Å²) in [5, 5.41) is 0. The fourth-order valence-electron chi connectivity index (χ4n) is 2.33. The monoisotopic (exact) mass is 453 g/mol. The van der Waals surface area contributed by atoms with E-state index < -0.39 is 9.84 Å². The second-order valence-electron chi connectivity index (χ2n) is 5.44. The molecule has 1 aromatic carbocycles. The molecular weight excluding hydrogens is 429 g/mol. The van der Waals surface area contributed by atoms with Gasteiger partial charge in [-0.05, 0) is 12.5 Å². The van der Waals surface area contributed by atoms with Crippen molar-refractivity contribution < 1.29 is 13.2 Å². The van der Waals surface area contributed by atoms with Crippen LogP contribution in [0.5, 0.6) is 0 Å². The maximum Gasteiger partial charge on any atom is 0.191 e. The highest BCUT2D eigenvalue weighted by atomic mass is 127. The average molecular weight is 453 g/mol. The summed E-state index contributed by atoms with van der Waals surface area (Å²) in [7, 11) is -3.18.